The van der Waals surface area contributed by atoms with Crippen LogP contribution in [-0.4, -0.2) is 86.3 Å². The molecular formula is C23H35ClN4O5S. The molecule has 1 aromatic rings. The van der Waals surface area contributed by atoms with Gasteiger partial charge in [0, 0.05) is 51.3 Å². The lowest BCUT2D eigenvalue weighted by Gasteiger charge is -2.38. The zero-order valence-corrected chi connectivity index (χ0v) is 21.7. The van der Waals surface area contributed by atoms with Gasteiger partial charge in [0.15, 0.2) is 6.10 Å². The molecule has 0 aromatic heterocycles. The minimum absolute atomic E-state index is 0. The third-order valence-corrected chi connectivity index (χ3v) is 8.89. The van der Waals surface area contributed by atoms with Crippen LogP contribution in [0.1, 0.15) is 38.7 Å². The number of piperidine rings is 1. The van der Waals surface area contributed by atoms with Crippen LogP contribution >= 0.6 is 12.4 Å². The fourth-order valence-corrected chi connectivity index (χ4v) is 6.56. The molecule has 2 fully saturated rings. The number of ether oxygens (including phenoxy) is 1. The maximum Gasteiger partial charge on any atom is 0.265 e. The van der Waals surface area contributed by atoms with Crippen molar-refractivity contribution in [3.8, 4) is 5.75 Å². The third kappa shape index (κ3) is 5.35. The van der Waals surface area contributed by atoms with E-state index in [1.165, 1.54) is 10.4 Å². The van der Waals surface area contributed by atoms with Crippen molar-refractivity contribution < 1.29 is 22.7 Å². The van der Waals surface area contributed by atoms with Gasteiger partial charge in [-0.2, -0.15) is 4.31 Å². The fourth-order valence-electron chi connectivity index (χ4n) is 4.87. The Hall–Kier alpha value is -1.88. The van der Waals surface area contributed by atoms with Crippen molar-refractivity contribution in [1.29, 1.82) is 0 Å². The minimum Gasteiger partial charge on any atom is -0.479 e. The van der Waals surface area contributed by atoms with E-state index < -0.39 is 16.1 Å². The van der Waals surface area contributed by atoms with Crippen LogP contribution in [0, 0.1) is 12.8 Å². The fraction of sp³-hybridized carbons (Fsp3) is 0.652. The highest BCUT2D eigenvalue weighted by Crippen LogP contribution is 2.36. The number of carbonyl (C=O) groups is 2. The van der Waals surface area contributed by atoms with Gasteiger partial charge >= 0.3 is 0 Å². The summed E-state index contributed by atoms with van der Waals surface area (Å²) < 4.78 is 33.9. The monoisotopic (exact) mass is 514 g/mol. The molecule has 2 amide bonds. The number of rotatable bonds is 5. The molecule has 3 aliphatic rings. The summed E-state index contributed by atoms with van der Waals surface area (Å²) in [5.41, 5.74) is 1.04. The molecule has 34 heavy (non-hydrogen) atoms. The Labute approximate surface area is 208 Å². The van der Waals surface area contributed by atoms with E-state index in [-0.39, 0.29) is 35.0 Å². The maximum absolute atomic E-state index is 13.4. The van der Waals surface area contributed by atoms with Crippen molar-refractivity contribution in [3.05, 3.63) is 17.7 Å². The second-order valence-electron chi connectivity index (χ2n) is 9.21. The molecule has 0 bridgehead atoms. The number of aryl methyl sites for hydroxylation is 1. The van der Waals surface area contributed by atoms with Gasteiger partial charge in [0.25, 0.3) is 5.91 Å². The molecule has 3 aliphatic heterocycles. The summed E-state index contributed by atoms with van der Waals surface area (Å²) in [5.74, 6) is 0.138. The predicted octanol–water partition coefficient (Wildman–Crippen LogP) is 2.09. The van der Waals surface area contributed by atoms with E-state index in [4.69, 9.17) is 4.74 Å². The van der Waals surface area contributed by atoms with Crippen LogP contribution in [0.3, 0.4) is 0 Å². The van der Waals surface area contributed by atoms with Gasteiger partial charge in [0.1, 0.15) is 5.75 Å². The second kappa shape index (κ2) is 10.8. The van der Waals surface area contributed by atoms with Crippen LogP contribution in [0.5, 0.6) is 5.75 Å². The Morgan fingerprint density at radius 2 is 1.76 bits per heavy atom. The molecule has 1 unspecified atom stereocenters. The molecule has 2 saturated heterocycles. The van der Waals surface area contributed by atoms with Crippen molar-refractivity contribution in [2.75, 3.05) is 51.1 Å². The topological polar surface area (TPSA) is 99.3 Å². The van der Waals surface area contributed by atoms with Gasteiger partial charge in [0.2, 0.25) is 15.9 Å². The van der Waals surface area contributed by atoms with Crippen LogP contribution in [0.15, 0.2) is 17.0 Å². The molecule has 0 aliphatic carbocycles. The number of piperazine rings is 1. The largest absolute Gasteiger partial charge is 0.479 e. The number of hydrogen-bond acceptors (Lipinski definition) is 6. The molecule has 0 saturated carbocycles. The summed E-state index contributed by atoms with van der Waals surface area (Å²) in [6.07, 6.45) is 1.49. The number of nitrogens with zero attached hydrogens (tertiary/aromatic N) is 3. The highest BCUT2D eigenvalue weighted by Gasteiger charge is 2.36. The minimum atomic E-state index is -3.74. The van der Waals surface area contributed by atoms with Crippen molar-refractivity contribution in [1.82, 2.24) is 14.1 Å². The zero-order chi connectivity index (χ0) is 23.8. The summed E-state index contributed by atoms with van der Waals surface area (Å²) >= 11 is 0. The first-order valence-corrected chi connectivity index (χ1v) is 13.3. The van der Waals surface area contributed by atoms with Crippen molar-refractivity contribution >= 4 is 39.9 Å². The Kier molecular flexibility index (Phi) is 8.49. The molecule has 9 nitrogen and oxygen atoms in total. The quantitative estimate of drug-likeness (QED) is 0.646. The number of benzene rings is 1. The van der Waals surface area contributed by atoms with E-state index in [1.807, 2.05) is 4.90 Å². The summed E-state index contributed by atoms with van der Waals surface area (Å²) in [4.78, 5) is 29.4. The van der Waals surface area contributed by atoms with Crippen LogP contribution in [0.2, 0.25) is 0 Å². The predicted molar refractivity (Wildman–Crippen MR) is 132 cm³/mol. The maximum atomic E-state index is 13.4. The highest BCUT2D eigenvalue weighted by molar-refractivity contribution is 7.89. The lowest BCUT2D eigenvalue weighted by Crippen LogP contribution is -2.52. The SMILES string of the molecule is CCCN1CCN(C(=O)C2CCN(S(=O)(=O)c3cc4c(cc3C)NC(=O)C(C)O4)CC2)CC1.Cl. The molecule has 4 rings (SSSR count). The molecule has 1 aromatic carbocycles. The Bertz CT molecular complexity index is 1020. The van der Waals surface area contributed by atoms with Crippen molar-refractivity contribution in [2.45, 2.75) is 51.0 Å². The second-order valence-corrected chi connectivity index (χ2v) is 11.1. The molecule has 11 heteroatoms. The molecule has 3 heterocycles. The number of amides is 2. The lowest BCUT2D eigenvalue weighted by atomic mass is 9.96. The van der Waals surface area contributed by atoms with Gasteiger partial charge in [-0.05, 0) is 51.3 Å². The van der Waals surface area contributed by atoms with Gasteiger partial charge in [-0.15, -0.1) is 12.4 Å². The molecule has 190 valence electrons. The number of carbonyl (C=O) groups excluding carboxylic acids is 2. The summed E-state index contributed by atoms with van der Waals surface area (Å²) in [5, 5.41) is 2.75. The number of fused-ring (bicyclic) bond motifs is 1. The zero-order valence-electron chi connectivity index (χ0n) is 20.1. The van der Waals surface area contributed by atoms with Crippen molar-refractivity contribution in [3.63, 3.8) is 0 Å². The molecule has 0 radical (unpaired) electrons. The van der Waals surface area contributed by atoms with E-state index in [2.05, 4.69) is 17.1 Å². The van der Waals surface area contributed by atoms with Crippen LogP contribution in [-0.2, 0) is 19.6 Å². The van der Waals surface area contributed by atoms with Gasteiger partial charge in [-0.3, -0.25) is 14.5 Å². The normalized spacial score (nSPS) is 22.4. The van der Waals surface area contributed by atoms with Crippen molar-refractivity contribution in [2.24, 2.45) is 5.92 Å². The van der Waals surface area contributed by atoms with E-state index >= 15 is 0 Å². The van der Waals surface area contributed by atoms with E-state index in [9.17, 15) is 18.0 Å². The van der Waals surface area contributed by atoms with Crippen LogP contribution in [0.25, 0.3) is 0 Å². The third-order valence-electron chi connectivity index (χ3n) is 6.85. The standard InChI is InChI=1S/C23H34N4O5S.ClH/c1-4-7-25-10-12-26(13-11-25)23(29)18-5-8-27(9-6-18)33(30,31)21-15-20-19(14-16(21)2)24-22(28)17(3)32-20;/h14-15,17-18H,4-13H2,1-3H3,(H,24,28);1H. The summed E-state index contributed by atoms with van der Waals surface area (Å²) in [6.45, 7) is 10.5. The lowest BCUT2D eigenvalue weighted by molar-refractivity contribution is -0.138. The smallest absolute Gasteiger partial charge is 0.265 e. The number of nitrogens with one attached hydrogen (secondary N) is 1. The average Bonchev–Trinajstić information content (AvgIpc) is 2.80. The van der Waals surface area contributed by atoms with Gasteiger partial charge in [-0.25, -0.2) is 8.42 Å². The first-order chi connectivity index (χ1) is 15.7. The molecule has 1 atom stereocenters. The first-order valence-electron chi connectivity index (χ1n) is 11.8. The van der Waals surface area contributed by atoms with Gasteiger partial charge in [0.05, 0.1) is 10.6 Å². The number of sulfonamides is 1. The van der Waals surface area contributed by atoms with Gasteiger partial charge in [-0.1, -0.05) is 6.92 Å². The van der Waals surface area contributed by atoms with E-state index in [0.29, 0.717) is 42.9 Å². The van der Waals surface area contributed by atoms with Crippen LogP contribution in [0.4, 0.5) is 5.69 Å². The van der Waals surface area contributed by atoms with E-state index in [1.54, 1.807) is 19.9 Å². The molecule has 1 N–H and O–H groups in total. The molecular weight excluding hydrogens is 480 g/mol. The average molecular weight is 515 g/mol. The summed E-state index contributed by atoms with van der Waals surface area (Å²) in [6, 6.07) is 3.14. The molecule has 0 spiro atoms. The first kappa shape index (κ1) is 26.7. The van der Waals surface area contributed by atoms with Crippen LogP contribution < -0.4 is 10.1 Å². The Morgan fingerprint density at radius 3 is 2.38 bits per heavy atom. The number of anilines is 1. The Balaban J connectivity index is 0.00000324. The summed E-state index contributed by atoms with van der Waals surface area (Å²) in [7, 11) is -3.74. The van der Waals surface area contributed by atoms with Gasteiger partial charge < -0.3 is 15.0 Å². The van der Waals surface area contributed by atoms with E-state index in [0.717, 1.165) is 39.1 Å². The number of hydrogen-bond donors (Lipinski definition) is 1. The highest BCUT2D eigenvalue weighted by atomic mass is 35.5. The number of halogens is 1. The Morgan fingerprint density at radius 1 is 1.12 bits per heavy atom.